The summed E-state index contributed by atoms with van der Waals surface area (Å²) >= 11 is 0. The summed E-state index contributed by atoms with van der Waals surface area (Å²) in [5.41, 5.74) is 2.00. The highest BCUT2D eigenvalue weighted by molar-refractivity contribution is 5.80. The van der Waals surface area contributed by atoms with Gasteiger partial charge in [-0.3, -0.25) is 9.89 Å². The number of aliphatic imine (C=N–C) groups is 1. The number of benzene rings is 1. The molecule has 0 amide bonds. The van der Waals surface area contributed by atoms with Crippen molar-refractivity contribution in [1.82, 2.24) is 15.1 Å². The van der Waals surface area contributed by atoms with Gasteiger partial charge in [0.25, 0.3) is 0 Å². The molecule has 5 heteroatoms. The third kappa shape index (κ3) is 5.06. The monoisotopic (exact) mass is 398 g/mol. The van der Waals surface area contributed by atoms with E-state index in [0.717, 1.165) is 37.3 Å². The van der Waals surface area contributed by atoms with Gasteiger partial charge < -0.3 is 15.0 Å². The zero-order valence-corrected chi connectivity index (χ0v) is 18.3. The minimum Gasteiger partial charge on any atom is -0.497 e. The van der Waals surface area contributed by atoms with Crippen LogP contribution in [0.5, 0.6) is 5.75 Å². The second-order valence-electron chi connectivity index (χ2n) is 9.29. The third-order valence-corrected chi connectivity index (χ3v) is 7.26. The Kier molecular flexibility index (Phi) is 6.63. The zero-order chi connectivity index (χ0) is 20.1. The van der Waals surface area contributed by atoms with Crippen molar-refractivity contribution in [2.45, 2.75) is 52.0 Å². The lowest BCUT2D eigenvalue weighted by atomic mass is 9.68. The maximum absolute atomic E-state index is 5.26. The van der Waals surface area contributed by atoms with Gasteiger partial charge in [0, 0.05) is 32.7 Å². The Labute approximate surface area is 176 Å². The smallest absolute Gasteiger partial charge is 0.193 e. The molecular formula is C24H38N4O. The number of ether oxygens (including phenoxy) is 1. The van der Waals surface area contributed by atoms with Gasteiger partial charge in [0.05, 0.1) is 7.11 Å². The highest BCUT2D eigenvalue weighted by atomic mass is 16.5. The molecule has 3 fully saturated rings. The van der Waals surface area contributed by atoms with E-state index in [1.807, 2.05) is 0 Å². The van der Waals surface area contributed by atoms with Gasteiger partial charge in [0.15, 0.2) is 5.96 Å². The van der Waals surface area contributed by atoms with E-state index in [2.05, 4.69) is 46.3 Å². The molecule has 0 atom stereocenters. The largest absolute Gasteiger partial charge is 0.497 e. The van der Waals surface area contributed by atoms with Crippen molar-refractivity contribution in [3.63, 3.8) is 0 Å². The summed E-state index contributed by atoms with van der Waals surface area (Å²) < 4.78 is 5.26. The predicted octanol–water partition coefficient (Wildman–Crippen LogP) is 3.75. The Morgan fingerprint density at radius 1 is 1.14 bits per heavy atom. The topological polar surface area (TPSA) is 40.1 Å². The number of nitrogens with one attached hydrogen (secondary N) is 1. The molecule has 2 heterocycles. The second kappa shape index (κ2) is 9.38. The van der Waals surface area contributed by atoms with Crippen molar-refractivity contribution in [2.24, 2.45) is 16.3 Å². The normalized spacial score (nSPS) is 22.7. The van der Waals surface area contributed by atoms with Crippen LogP contribution in [0.2, 0.25) is 0 Å². The Morgan fingerprint density at radius 2 is 1.90 bits per heavy atom. The van der Waals surface area contributed by atoms with Crippen molar-refractivity contribution < 1.29 is 4.74 Å². The van der Waals surface area contributed by atoms with E-state index in [0.29, 0.717) is 5.41 Å². The van der Waals surface area contributed by atoms with Crippen LogP contribution in [0.3, 0.4) is 0 Å². The van der Waals surface area contributed by atoms with Crippen LogP contribution in [-0.2, 0) is 6.54 Å². The maximum atomic E-state index is 5.26. The van der Waals surface area contributed by atoms with E-state index in [4.69, 9.17) is 9.73 Å². The Hall–Kier alpha value is -1.75. The van der Waals surface area contributed by atoms with E-state index in [-0.39, 0.29) is 0 Å². The molecule has 1 saturated carbocycles. The molecule has 4 rings (SSSR count). The highest BCUT2D eigenvalue weighted by Crippen LogP contribution is 2.47. The molecule has 1 aromatic carbocycles. The minimum absolute atomic E-state index is 0.628. The van der Waals surface area contributed by atoms with E-state index in [1.165, 1.54) is 70.3 Å². The standard InChI is InChI=1S/C24H38N4O/c1-3-25-23(28-16-13-24(19-28)11-4-12-24)26-17-20-9-14-27(15-10-20)18-21-5-7-22(29-2)8-6-21/h5-8,20H,3-4,9-19H2,1-2H3,(H,25,26). The summed E-state index contributed by atoms with van der Waals surface area (Å²) in [4.78, 5) is 10.2. The lowest BCUT2D eigenvalue weighted by molar-refractivity contribution is 0.151. The molecular weight excluding hydrogens is 360 g/mol. The maximum Gasteiger partial charge on any atom is 0.193 e. The molecule has 1 N–H and O–H groups in total. The van der Waals surface area contributed by atoms with Gasteiger partial charge in [-0.2, -0.15) is 0 Å². The minimum atomic E-state index is 0.628. The summed E-state index contributed by atoms with van der Waals surface area (Å²) in [5, 5.41) is 3.56. The van der Waals surface area contributed by atoms with Gasteiger partial charge in [-0.15, -0.1) is 0 Å². The molecule has 1 aliphatic carbocycles. The molecule has 1 spiro atoms. The number of rotatable bonds is 6. The van der Waals surface area contributed by atoms with Gasteiger partial charge in [-0.1, -0.05) is 18.6 Å². The molecule has 0 unspecified atom stereocenters. The summed E-state index contributed by atoms with van der Waals surface area (Å²) in [6.07, 6.45) is 8.15. The van der Waals surface area contributed by atoms with E-state index >= 15 is 0 Å². The van der Waals surface area contributed by atoms with Gasteiger partial charge in [0.1, 0.15) is 5.75 Å². The molecule has 1 aromatic rings. The lowest BCUT2D eigenvalue weighted by Crippen LogP contribution is -2.43. The molecule has 160 valence electrons. The Morgan fingerprint density at radius 3 is 2.48 bits per heavy atom. The Bertz CT molecular complexity index is 675. The van der Waals surface area contributed by atoms with Crippen LogP contribution < -0.4 is 10.1 Å². The van der Waals surface area contributed by atoms with Crippen LogP contribution >= 0.6 is 0 Å². The average molecular weight is 399 g/mol. The molecule has 0 radical (unpaired) electrons. The van der Waals surface area contributed by atoms with Crippen LogP contribution in [0.4, 0.5) is 0 Å². The number of methoxy groups -OCH3 is 1. The number of piperidine rings is 1. The number of hydrogen-bond donors (Lipinski definition) is 1. The van der Waals surface area contributed by atoms with Crippen LogP contribution in [-0.4, -0.2) is 62.1 Å². The van der Waals surface area contributed by atoms with Crippen LogP contribution in [0, 0.1) is 11.3 Å². The fraction of sp³-hybridized carbons (Fsp3) is 0.708. The number of nitrogens with zero attached hydrogens (tertiary/aromatic N) is 3. The van der Waals surface area contributed by atoms with Gasteiger partial charge in [0.2, 0.25) is 0 Å². The van der Waals surface area contributed by atoms with Crippen molar-refractivity contribution in [2.75, 3.05) is 46.4 Å². The fourth-order valence-electron chi connectivity index (χ4n) is 5.16. The first-order valence-electron chi connectivity index (χ1n) is 11.6. The first-order valence-corrected chi connectivity index (χ1v) is 11.6. The number of hydrogen-bond acceptors (Lipinski definition) is 3. The average Bonchev–Trinajstić information content (AvgIpc) is 3.19. The molecule has 0 aromatic heterocycles. The van der Waals surface area contributed by atoms with Crippen LogP contribution in [0.25, 0.3) is 0 Å². The van der Waals surface area contributed by atoms with Crippen molar-refractivity contribution in [3.05, 3.63) is 29.8 Å². The quantitative estimate of drug-likeness (QED) is 0.585. The predicted molar refractivity (Wildman–Crippen MR) is 119 cm³/mol. The van der Waals surface area contributed by atoms with Crippen molar-refractivity contribution >= 4 is 5.96 Å². The molecule has 29 heavy (non-hydrogen) atoms. The number of guanidine groups is 1. The van der Waals surface area contributed by atoms with E-state index < -0.39 is 0 Å². The van der Waals surface area contributed by atoms with Crippen LogP contribution in [0.1, 0.15) is 51.0 Å². The molecule has 0 bridgehead atoms. The van der Waals surface area contributed by atoms with E-state index in [9.17, 15) is 0 Å². The summed E-state index contributed by atoms with van der Waals surface area (Å²) in [6.45, 7) is 9.92. The van der Waals surface area contributed by atoms with E-state index in [1.54, 1.807) is 7.11 Å². The molecule has 5 nitrogen and oxygen atoms in total. The summed E-state index contributed by atoms with van der Waals surface area (Å²) in [6, 6.07) is 8.49. The first-order chi connectivity index (χ1) is 14.2. The fourth-order valence-corrected chi connectivity index (χ4v) is 5.16. The SMILES string of the molecule is CCNC(=NCC1CCN(Cc2ccc(OC)cc2)CC1)N1CCC2(CCC2)C1. The first kappa shape index (κ1) is 20.5. The number of likely N-dealkylation sites (tertiary alicyclic amines) is 2. The second-order valence-corrected chi connectivity index (χ2v) is 9.29. The van der Waals surface area contributed by atoms with Gasteiger partial charge in [-0.25, -0.2) is 0 Å². The molecule has 3 aliphatic rings. The molecule has 2 saturated heterocycles. The van der Waals surface area contributed by atoms with Crippen molar-refractivity contribution in [3.8, 4) is 5.75 Å². The summed E-state index contributed by atoms with van der Waals surface area (Å²) in [5.74, 6) is 2.82. The highest BCUT2D eigenvalue weighted by Gasteiger charge is 2.43. The van der Waals surface area contributed by atoms with Crippen LogP contribution in [0.15, 0.2) is 29.3 Å². The van der Waals surface area contributed by atoms with Gasteiger partial charge in [-0.05, 0) is 81.1 Å². The lowest BCUT2D eigenvalue weighted by Gasteiger charge is -2.38. The summed E-state index contributed by atoms with van der Waals surface area (Å²) in [7, 11) is 1.72. The Balaban J connectivity index is 1.24. The van der Waals surface area contributed by atoms with Gasteiger partial charge >= 0.3 is 0 Å². The molecule has 2 aliphatic heterocycles. The van der Waals surface area contributed by atoms with Crippen molar-refractivity contribution in [1.29, 1.82) is 0 Å². The third-order valence-electron chi connectivity index (χ3n) is 7.26. The zero-order valence-electron chi connectivity index (χ0n) is 18.3.